The fraction of sp³-hybridized carbons (Fsp3) is 0.824. The van der Waals surface area contributed by atoms with E-state index in [0.29, 0.717) is 12.0 Å². The van der Waals surface area contributed by atoms with Gasteiger partial charge >= 0.3 is 0 Å². The molecule has 0 aromatic carbocycles. The van der Waals surface area contributed by atoms with Crippen LogP contribution in [0.5, 0.6) is 0 Å². The van der Waals surface area contributed by atoms with Crippen LogP contribution >= 0.6 is 0 Å². The Labute approximate surface area is 132 Å². The molecule has 22 heavy (non-hydrogen) atoms. The summed E-state index contributed by atoms with van der Waals surface area (Å²) in [6.07, 6.45) is 9.09. The van der Waals surface area contributed by atoms with Gasteiger partial charge in [-0.25, -0.2) is 4.98 Å². The first-order valence-corrected chi connectivity index (χ1v) is 8.78. The van der Waals surface area contributed by atoms with Gasteiger partial charge in [-0.2, -0.15) is 0 Å². The molecule has 2 fully saturated rings. The van der Waals surface area contributed by atoms with Crippen molar-refractivity contribution in [3.63, 3.8) is 0 Å². The highest BCUT2D eigenvalue weighted by atomic mass is 16.5. The highest BCUT2D eigenvalue weighted by Crippen LogP contribution is 2.29. The number of nitrogens with zero attached hydrogens (tertiary/aromatic N) is 3. The Kier molecular flexibility index (Phi) is 4.46. The average molecular weight is 305 g/mol. The molecule has 0 N–H and O–H groups in total. The van der Waals surface area contributed by atoms with Crippen LogP contribution < -0.4 is 0 Å². The molecular formula is C17H27N3O2. The lowest BCUT2D eigenvalue weighted by Gasteiger charge is -2.34. The Balaban J connectivity index is 1.41. The van der Waals surface area contributed by atoms with Gasteiger partial charge < -0.3 is 14.0 Å². The highest BCUT2D eigenvalue weighted by Gasteiger charge is 2.29. The van der Waals surface area contributed by atoms with Gasteiger partial charge in [0.05, 0.1) is 13.2 Å². The number of ether oxygens (including phenoxy) is 2. The van der Waals surface area contributed by atoms with Crippen LogP contribution in [-0.2, 0) is 22.6 Å². The topological polar surface area (TPSA) is 39.5 Å². The second-order valence-electron chi connectivity index (χ2n) is 7.12. The lowest BCUT2D eigenvalue weighted by Crippen LogP contribution is -2.41. The molecule has 3 heterocycles. The molecule has 3 aliphatic rings. The molecule has 1 saturated carbocycles. The highest BCUT2D eigenvalue weighted by molar-refractivity contribution is 4.97. The SMILES string of the molecule is c1cn2c(n1)CN(C1CCOCC1)C[C@H](COCC1CC1)C2. The van der Waals surface area contributed by atoms with Crippen molar-refractivity contribution >= 4 is 0 Å². The molecule has 1 aromatic rings. The van der Waals surface area contributed by atoms with Gasteiger partial charge in [-0.05, 0) is 31.6 Å². The Morgan fingerprint density at radius 3 is 2.73 bits per heavy atom. The number of hydrogen-bond donors (Lipinski definition) is 0. The Morgan fingerprint density at radius 1 is 1.09 bits per heavy atom. The molecule has 1 aromatic heterocycles. The van der Waals surface area contributed by atoms with E-state index in [-0.39, 0.29) is 0 Å². The summed E-state index contributed by atoms with van der Waals surface area (Å²) in [7, 11) is 0. The van der Waals surface area contributed by atoms with Gasteiger partial charge in [-0.3, -0.25) is 4.90 Å². The lowest BCUT2D eigenvalue weighted by atomic mass is 10.0. The molecule has 0 amide bonds. The minimum absolute atomic E-state index is 0.567. The van der Waals surface area contributed by atoms with Crippen molar-refractivity contribution in [1.29, 1.82) is 0 Å². The maximum absolute atomic E-state index is 5.99. The van der Waals surface area contributed by atoms with E-state index >= 15 is 0 Å². The zero-order chi connectivity index (χ0) is 14.8. The zero-order valence-corrected chi connectivity index (χ0v) is 13.3. The van der Waals surface area contributed by atoms with E-state index in [0.717, 1.165) is 64.8 Å². The van der Waals surface area contributed by atoms with Crippen molar-refractivity contribution in [2.45, 2.75) is 44.8 Å². The molecule has 0 spiro atoms. The molecule has 1 aliphatic carbocycles. The third-order valence-corrected chi connectivity index (χ3v) is 5.21. The standard InChI is InChI=1S/C17H27N3O2/c1-2-14(1)12-22-13-15-9-19-6-5-18-17(19)11-20(10-15)16-3-7-21-8-4-16/h5-6,14-16H,1-4,7-13H2/t15-/m1/s1. The van der Waals surface area contributed by atoms with Crippen LogP contribution in [0.15, 0.2) is 12.4 Å². The summed E-state index contributed by atoms with van der Waals surface area (Å²) in [5.74, 6) is 2.62. The van der Waals surface area contributed by atoms with Crippen LogP contribution in [0, 0.1) is 11.8 Å². The molecule has 1 atom stereocenters. The van der Waals surface area contributed by atoms with Crippen molar-refractivity contribution in [2.24, 2.45) is 11.8 Å². The predicted molar refractivity (Wildman–Crippen MR) is 83.5 cm³/mol. The monoisotopic (exact) mass is 305 g/mol. The molecule has 1 saturated heterocycles. The van der Waals surface area contributed by atoms with Crippen LogP contribution in [0.25, 0.3) is 0 Å². The molecule has 4 rings (SSSR count). The molecule has 5 heteroatoms. The quantitative estimate of drug-likeness (QED) is 0.833. The molecular weight excluding hydrogens is 278 g/mol. The van der Waals surface area contributed by atoms with E-state index in [9.17, 15) is 0 Å². The minimum Gasteiger partial charge on any atom is -0.381 e. The molecule has 0 bridgehead atoms. The van der Waals surface area contributed by atoms with Crippen molar-refractivity contribution in [3.8, 4) is 0 Å². The Bertz CT molecular complexity index is 480. The fourth-order valence-electron chi connectivity index (χ4n) is 3.69. The van der Waals surface area contributed by atoms with Gasteiger partial charge in [-0.1, -0.05) is 0 Å². The van der Waals surface area contributed by atoms with Crippen LogP contribution in [0.4, 0.5) is 0 Å². The summed E-state index contributed by atoms with van der Waals surface area (Å²) >= 11 is 0. The van der Waals surface area contributed by atoms with Crippen molar-refractivity contribution in [3.05, 3.63) is 18.2 Å². The maximum atomic E-state index is 5.99. The van der Waals surface area contributed by atoms with Crippen LogP contribution in [0.3, 0.4) is 0 Å². The van der Waals surface area contributed by atoms with Crippen molar-refractivity contribution in [2.75, 3.05) is 33.0 Å². The van der Waals surface area contributed by atoms with E-state index in [1.165, 1.54) is 18.7 Å². The fourth-order valence-corrected chi connectivity index (χ4v) is 3.69. The van der Waals surface area contributed by atoms with Gasteiger partial charge in [0.15, 0.2) is 0 Å². The van der Waals surface area contributed by atoms with E-state index in [4.69, 9.17) is 9.47 Å². The third kappa shape index (κ3) is 3.53. The second-order valence-corrected chi connectivity index (χ2v) is 7.12. The summed E-state index contributed by atoms with van der Waals surface area (Å²) in [6.45, 7) is 6.78. The van der Waals surface area contributed by atoms with Crippen LogP contribution in [0.2, 0.25) is 0 Å². The summed E-state index contributed by atoms with van der Waals surface area (Å²) < 4.78 is 13.8. The first kappa shape index (κ1) is 14.7. The van der Waals surface area contributed by atoms with E-state index < -0.39 is 0 Å². The zero-order valence-electron chi connectivity index (χ0n) is 13.3. The normalized spacial score (nSPS) is 27.5. The van der Waals surface area contributed by atoms with Gasteiger partial charge in [0.1, 0.15) is 5.82 Å². The van der Waals surface area contributed by atoms with Gasteiger partial charge in [-0.15, -0.1) is 0 Å². The van der Waals surface area contributed by atoms with Gasteiger partial charge in [0.25, 0.3) is 0 Å². The van der Waals surface area contributed by atoms with Gasteiger partial charge in [0, 0.05) is 57.3 Å². The first-order valence-electron chi connectivity index (χ1n) is 8.78. The van der Waals surface area contributed by atoms with Crippen molar-refractivity contribution in [1.82, 2.24) is 14.5 Å². The van der Waals surface area contributed by atoms with Crippen LogP contribution in [-0.4, -0.2) is 53.5 Å². The molecule has 2 aliphatic heterocycles. The summed E-state index contributed by atoms with van der Waals surface area (Å²) in [6, 6.07) is 0.642. The Hall–Kier alpha value is -0.910. The third-order valence-electron chi connectivity index (χ3n) is 5.21. The predicted octanol–water partition coefficient (Wildman–Crippen LogP) is 1.92. The van der Waals surface area contributed by atoms with E-state index in [2.05, 4.69) is 20.6 Å². The number of fused-ring (bicyclic) bond motifs is 1. The molecule has 0 unspecified atom stereocenters. The number of imidazole rings is 1. The molecule has 5 nitrogen and oxygen atoms in total. The largest absolute Gasteiger partial charge is 0.381 e. The summed E-state index contributed by atoms with van der Waals surface area (Å²) in [5.41, 5.74) is 0. The summed E-state index contributed by atoms with van der Waals surface area (Å²) in [4.78, 5) is 7.19. The number of hydrogen-bond acceptors (Lipinski definition) is 4. The summed E-state index contributed by atoms with van der Waals surface area (Å²) in [5, 5.41) is 0. The molecule has 122 valence electrons. The number of rotatable bonds is 5. The van der Waals surface area contributed by atoms with Crippen LogP contribution in [0.1, 0.15) is 31.5 Å². The average Bonchev–Trinajstić information content (AvgIpc) is 3.31. The first-order chi connectivity index (χ1) is 10.9. The molecule has 0 radical (unpaired) electrons. The minimum atomic E-state index is 0.567. The van der Waals surface area contributed by atoms with Crippen molar-refractivity contribution < 1.29 is 9.47 Å². The Morgan fingerprint density at radius 2 is 1.91 bits per heavy atom. The smallest absolute Gasteiger partial charge is 0.122 e. The van der Waals surface area contributed by atoms with E-state index in [1.807, 2.05) is 6.20 Å². The lowest BCUT2D eigenvalue weighted by molar-refractivity contribution is 0.0148. The number of aromatic nitrogens is 2. The maximum Gasteiger partial charge on any atom is 0.122 e. The van der Waals surface area contributed by atoms with Gasteiger partial charge in [0.2, 0.25) is 0 Å². The second kappa shape index (κ2) is 6.69. The van der Waals surface area contributed by atoms with E-state index in [1.54, 1.807) is 0 Å².